The maximum Gasteiger partial charge on any atom is 0.255 e. The average molecular weight is 555 g/mol. The number of benzene rings is 4. The van der Waals surface area contributed by atoms with Crippen molar-refractivity contribution >= 4 is 32.6 Å². The van der Waals surface area contributed by atoms with Crippen LogP contribution in [0.1, 0.15) is 21.5 Å². The van der Waals surface area contributed by atoms with Gasteiger partial charge in [0.15, 0.2) is 0 Å². The first-order valence-corrected chi connectivity index (χ1v) is 14.6. The van der Waals surface area contributed by atoms with E-state index in [0.717, 1.165) is 16.7 Å². The summed E-state index contributed by atoms with van der Waals surface area (Å²) in [5.74, 6) is 0.705. The van der Waals surface area contributed by atoms with E-state index < -0.39 is 10.0 Å². The second-order valence-electron chi connectivity index (χ2n) is 9.56. The third-order valence-corrected chi connectivity index (χ3v) is 7.96. The van der Waals surface area contributed by atoms with Gasteiger partial charge in [-0.1, -0.05) is 78.4 Å². The zero-order chi connectivity index (χ0) is 28.4. The van der Waals surface area contributed by atoms with Crippen LogP contribution in [0.25, 0.3) is 33.4 Å². The van der Waals surface area contributed by atoms with Crippen LogP contribution in [0.5, 0.6) is 5.75 Å². The van der Waals surface area contributed by atoms with Crippen molar-refractivity contribution in [3.63, 3.8) is 0 Å². The number of amides is 1. The molecule has 0 atom stereocenters. The molecule has 0 fully saturated rings. The maximum absolute atomic E-state index is 13.3. The highest BCUT2D eigenvalue weighted by molar-refractivity contribution is 7.92. The molecule has 204 valence electrons. The number of para-hydroxylation sites is 1. The summed E-state index contributed by atoms with van der Waals surface area (Å²) in [6.07, 6.45) is 1.18. The molecule has 0 spiro atoms. The van der Waals surface area contributed by atoms with Crippen molar-refractivity contribution in [3.05, 3.63) is 108 Å². The maximum atomic E-state index is 13.3. The number of furan rings is 1. The molecule has 4 aromatic carbocycles. The summed E-state index contributed by atoms with van der Waals surface area (Å²) in [5, 5.41) is 3.31. The highest BCUT2D eigenvalue weighted by atomic mass is 32.2. The molecule has 0 saturated heterocycles. The fourth-order valence-electron chi connectivity index (χ4n) is 4.82. The van der Waals surface area contributed by atoms with E-state index in [-0.39, 0.29) is 12.5 Å². The van der Waals surface area contributed by atoms with E-state index in [9.17, 15) is 13.2 Å². The standard InChI is InChI=1S/C32H30N2O5S/c1-21-14-16-23(17-15-21)31-30(32(35)33-2)26-18-25(22-10-6-5-7-11-22)27(19-29(26)39-31)34(40(4,36)37)20-24-12-8-9-13-28(24)38-3/h5-19H,20H2,1-4H3,(H,33,35). The van der Waals surface area contributed by atoms with Gasteiger partial charge in [0.1, 0.15) is 17.1 Å². The Bertz CT molecular complexity index is 1790. The van der Waals surface area contributed by atoms with E-state index >= 15 is 0 Å². The van der Waals surface area contributed by atoms with Crippen molar-refractivity contribution in [1.82, 2.24) is 5.32 Å². The number of ether oxygens (including phenoxy) is 1. The molecular formula is C32H30N2O5S. The molecule has 0 radical (unpaired) electrons. The number of fused-ring (bicyclic) bond motifs is 1. The Morgan fingerprint density at radius 2 is 1.60 bits per heavy atom. The molecule has 1 heterocycles. The number of hydrogen-bond donors (Lipinski definition) is 1. The molecule has 0 aliphatic rings. The number of sulfonamides is 1. The Morgan fingerprint density at radius 1 is 0.925 bits per heavy atom. The largest absolute Gasteiger partial charge is 0.496 e. The molecule has 1 aromatic heterocycles. The van der Waals surface area contributed by atoms with Crippen LogP contribution in [-0.4, -0.2) is 34.7 Å². The number of nitrogens with zero attached hydrogens (tertiary/aromatic N) is 1. The minimum Gasteiger partial charge on any atom is -0.496 e. The number of nitrogens with one attached hydrogen (secondary N) is 1. The van der Waals surface area contributed by atoms with E-state index in [1.54, 1.807) is 26.3 Å². The molecule has 0 bridgehead atoms. The number of methoxy groups -OCH3 is 1. The Hall–Kier alpha value is -4.56. The summed E-state index contributed by atoms with van der Waals surface area (Å²) >= 11 is 0. The van der Waals surface area contributed by atoms with Gasteiger partial charge in [-0.3, -0.25) is 9.10 Å². The average Bonchev–Trinajstić information content (AvgIpc) is 3.33. The summed E-state index contributed by atoms with van der Waals surface area (Å²) in [4.78, 5) is 13.2. The normalized spacial score (nSPS) is 11.4. The number of hydrogen-bond acceptors (Lipinski definition) is 5. The molecule has 5 rings (SSSR count). The zero-order valence-electron chi connectivity index (χ0n) is 22.8. The second-order valence-corrected chi connectivity index (χ2v) is 11.5. The van der Waals surface area contributed by atoms with Crippen LogP contribution in [0.15, 0.2) is 95.4 Å². The van der Waals surface area contributed by atoms with Crippen molar-refractivity contribution in [2.75, 3.05) is 24.7 Å². The Balaban J connectivity index is 1.81. The molecule has 0 aliphatic heterocycles. The minimum atomic E-state index is -3.76. The van der Waals surface area contributed by atoms with Gasteiger partial charge in [-0.25, -0.2) is 8.42 Å². The van der Waals surface area contributed by atoms with Gasteiger partial charge in [0.05, 0.1) is 31.2 Å². The van der Waals surface area contributed by atoms with Gasteiger partial charge in [0.25, 0.3) is 5.91 Å². The van der Waals surface area contributed by atoms with Gasteiger partial charge in [-0.2, -0.15) is 0 Å². The molecule has 0 saturated carbocycles. The number of rotatable bonds is 8. The lowest BCUT2D eigenvalue weighted by atomic mass is 9.98. The van der Waals surface area contributed by atoms with Crippen LogP contribution in [0, 0.1) is 6.92 Å². The van der Waals surface area contributed by atoms with Crippen LogP contribution in [0.4, 0.5) is 5.69 Å². The fourth-order valence-corrected chi connectivity index (χ4v) is 5.70. The summed E-state index contributed by atoms with van der Waals surface area (Å²) in [7, 11) is -0.634. The van der Waals surface area contributed by atoms with Gasteiger partial charge in [-0.05, 0) is 24.6 Å². The van der Waals surface area contributed by atoms with Crippen LogP contribution in [0.3, 0.4) is 0 Å². The van der Waals surface area contributed by atoms with Gasteiger partial charge < -0.3 is 14.5 Å². The lowest BCUT2D eigenvalue weighted by Gasteiger charge is -2.26. The van der Waals surface area contributed by atoms with Crippen molar-refractivity contribution in [1.29, 1.82) is 0 Å². The first-order valence-electron chi connectivity index (χ1n) is 12.8. The Morgan fingerprint density at radius 3 is 2.25 bits per heavy atom. The summed E-state index contributed by atoms with van der Waals surface area (Å²) in [5.41, 5.74) is 5.20. The van der Waals surface area contributed by atoms with E-state index in [1.165, 1.54) is 10.6 Å². The Labute approximate surface area is 234 Å². The van der Waals surface area contributed by atoms with Gasteiger partial charge in [-0.15, -0.1) is 0 Å². The number of anilines is 1. The van der Waals surface area contributed by atoms with Crippen LogP contribution >= 0.6 is 0 Å². The third kappa shape index (κ3) is 5.18. The van der Waals surface area contributed by atoms with E-state index in [1.807, 2.05) is 85.8 Å². The van der Waals surface area contributed by atoms with Crippen molar-refractivity contribution in [2.45, 2.75) is 13.5 Å². The fraction of sp³-hybridized carbons (Fsp3) is 0.156. The van der Waals surface area contributed by atoms with E-state index in [4.69, 9.17) is 9.15 Å². The summed E-state index contributed by atoms with van der Waals surface area (Å²) in [6.45, 7) is 2.03. The zero-order valence-corrected chi connectivity index (χ0v) is 23.6. The number of aryl methyl sites for hydroxylation is 1. The highest BCUT2D eigenvalue weighted by Crippen LogP contribution is 2.42. The van der Waals surface area contributed by atoms with Gasteiger partial charge in [0, 0.05) is 35.2 Å². The first-order chi connectivity index (χ1) is 19.2. The lowest BCUT2D eigenvalue weighted by Crippen LogP contribution is -2.30. The topological polar surface area (TPSA) is 88.8 Å². The molecule has 1 N–H and O–H groups in total. The third-order valence-electron chi connectivity index (χ3n) is 6.83. The van der Waals surface area contributed by atoms with Crippen LogP contribution in [0.2, 0.25) is 0 Å². The monoisotopic (exact) mass is 554 g/mol. The quantitative estimate of drug-likeness (QED) is 0.239. The van der Waals surface area contributed by atoms with E-state index in [2.05, 4.69) is 5.32 Å². The molecule has 0 aliphatic carbocycles. The smallest absolute Gasteiger partial charge is 0.255 e. The summed E-state index contributed by atoms with van der Waals surface area (Å²) < 4.78 is 39.8. The van der Waals surface area contributed by atoms with Gasteiger partial charge in [0.2, 0.25) is 10.0 Å². The van der Waals surface area contributed by atoms with Crippen molar-refractivity contribution < 1.29 is 22.4 Å². The molecule has 1 amide bonds. The minimum absolute atomic E-state index is 0.0437. The lowest BCUT2D eigenvalue weighted by molar-refractivity contribution is 0.0964. The highest BCUT2D eigenvalue weighted by Gasteiger charge is 2.28. The SMILES string of the molecule is CNC(=O)c1c(-c2ccc(C)cc2)oc2cc(N(Cc3ccccc3OC)S(C)(=O)=O)c(-c3ccccc3)cc12. The predicted octanol–water partition coefficient (Wildman–Crippen LogP) is 6.41. The number of carbonyl (C=O) groups excluding carboxylic acids is 1. The van der Waals surface area contributed by atoms with E-state index in [0.29, 0.717) is 44.9 Å². The molecule has 40 heavy (non-hydrogen) atoms. The van der Waals surface area contributed by atoms with Crippen molar-refractivity contribution in [3.8, 4) is 28.2 Å². The van der Waals surface area contributed by atoms with Crippen molar-refractivity contribution in [2.24, 2.45) is 0 Å². The predicted molar refractivity (Wildman–Crippen MR) is 159 cm³/mol. The van der Waals surface area contributed by atoms with Gasteiger partial charge >= 0.3 is 0 Å². The van der Waals surface area contributed by atoms with Crippen LogP contribution < -0.4 is 14.4 Å². The molecule has 7 nitrogen and oxygen atoms in total. The molecule has 0 unspecified atom stereocenters. The second kappa shape index (κ2) is 10.9. The Kier molecular flexibility index (Phi) is 7.36. The summed E-state index contributed by atoms with van der Waals surface area (Å²) in [6, 6.07) is 28.1. The molecule has 8 heteroatoms. The molecular weight excluding hydrogens is 524 g/mol. The molecule has 5 aromatic rings. The first kappa shape index (κ1) is 27.0. The van der Waals surface area contributed by atoms with Crippen LogP contribution in [-0.2, 0) is 16.6 Å². The number of carbonyl (C=O) groups is 1.